The number of hydrogen-bond acceptors (Lipinski definition) is 3. The first-order chi connectivity index (χ1) is 8.80. The lowest BCUT2D eigenvalue weighted by molar-refractivity contribution is -0.136. The molecule has 1 aromatic carbocycles. The quantitative estimate of drug-likeness (QED) is 0.778. The molecule has 1 amide bonds. The number of carbonyl (C=O) groups excluding carboxylic acids is 1. The number of nitrogens with one attached hydrogen (secondary N) is 1. The third-order valence-corrected chi connectivity index (χ3v) is 2.38. The molecule has 1 heterocycles. The molecule has 5 nitrogen and oxygen atoms in total. The summed E-state index contributed by atoms with van der Waals surface area (Å²) in [6, 6.07) is 3.41. The Kier molecular flexibility index (Phi) is 3.01. The van der Waals surface area contributed by atoms with E-state index in [9.17, 15) is 23.1 Å². The van der Waals surface area contributed by atoms with E-state index in [2.05, 4.69) is 15.2 Å². The topological polar surface area (TPSA) is 77.8 Å². The maximum Gasteiger partial charge on any atom is 0.418 e. The smallest absolute Gasteiger partial charge is 0.418 e. The van der Waals surface area contributed by atoms with Gasteiger partial charge in [0.05, 0.1) is 11.1 Å². The lowest BCUT2D eigenvalue weighted by Crippen LogP contribution is -2.05. The van der Waals surface area contributed by atoms with Crippen LogP contribution in [0.3, 0.4) is 0 Å². The van der Waals surface area contributed by atoms with Gasteiger partial charge in [0.2, 0.25) is 5.88 Å². The highest BCUT2D eigenvalue weighted by atomic mass is 19.4. The zero-order chi connectivity index (χ0) is 14.2. The van der Waals surface area contributed by atoms with Crippen LogP contribution in [-0.4, -0.2) is 16.0 Å². The average molecular weight is 271 g/mol. The summed E-state index contributed by atoms with van der Waals surface area (Å²) in [4.78, 5) is 12.9. The van der Waals surface area contributed by atoms with Gasteiger partial charge in [-0.3, -0.25) is 4.79 Å². The summed E-state index contributed by atoms with van der Waals surface area (Å²) in [6.07, 6.45) is -4.56. The molecule has 0 fully saturated rings. The Bertz CT molecular complexity index is 674. The van der Waals surface area contributed by atoms with Gasteiger partial charge in [0.15, 0.2) is 5.69 Å². The van der Waals surface area contributed by atoms with Crippen molar-refractivity contribution in [3.63, 3.8) is 0 Å². The summed E-state index contributed by atoms with van der Waals surface area (Å²) in [6.45, 7) is 1.14. The molecule has 0 aliphatic heterocycles. The Hall–Kier alpha value is -2.38. The minimum atomic E-state index is -4.56. The number of benzene rings is 1. The van der Waals surface area contributed by atoms with Gasteiger partial charge in [-0.25, -0.2) is 0 Å². The standard InChI is InChI=1S/C11H8F3N3O2/c1-5(18)16-17-9-6-3-2-4-7(11(12,13)14)8(6)15-10(9)19/h2-4,15,19H,1H3. The van der Waals surface area contributed by atoms with Gasteiger partial charge in [-0.2, -0.15) is 13.2 Å². The van der Waals surface area contributed by atoms with Crippen molar-refractivity contribution in [3.05, 3.63) is 23.8 Å². The number of carbonyl (C=O) groups is 1. The van der Waals surface area contributed by atoms with Crippen LogP contribution in [0.5, 0.6) is 5.88 Å². The van der Waals surface area contributed by atoms with Gasteiger partial charge in [-0.05, 0) is 6.07 Å². The van der Waals surface area contributed by atoms with Gasteiger partial charge in [0.25, 0.3) is 5.91 Å². The second-order valence-corrected chi connectivity index (χ2v) is 3.77. The van der Waals surface area contributed by atoms with E-state index in [1.165, 1.54) is 12.1 Å². The van der Waals surface area contributed by atoms with E-state index in [0.717, 1.165) is 13.0 Å². The van der Waals surface area contributed by atoms with E-state index in [1.807, 2.05) is 0 Å². The molecular formula is C11H8F3N3O2. The molecule has 0 radical (unpaired) electrons. The first-order valence-corrected chi connectivity index (χ1v) is 5.14. The van der Waals surface area contributed by atoms with E-state index in [4.69, 9.17) is 0 Å². The van der Waals surface area contributed by atoms with Gasteiger partial charge < -0.3 is 10.1 Å². The van der Waals surface area contributed by atoms with Crippen LogP contribution in [-0.2, 0) is 11.0 Å². The molecule has 0 atom stereocenters. The molecule has 0 bridgehead atoms. The first-order valence-electron chi connectivity index (χ1n) is 5.14. The minimum Gasteiger partial charge on any atom is -0.493 e. The van der Waals surface area contributed by atoms with E-state index >= 15 is 0 Å². The molecule has 0 aliphatic rings. The number of aromatic amines is 1. The number of nitrogens with zero attached hydrogens (tertiary/aromatic N) is 2. The van der Waals surface area contributed by atoms with E-state index in [0.29, 0.717) is 0 Å². The van der Waals surface area contributed by atoms with Crippen LogP contribution in [0, 0.1) is 0 Å². The normalized spacial score (nSPS) is 12.4. The summed E-state index contributed by atoms with van der Waals surface area (Å²) < 4.78 is 38.3. The highest BCUT2D eigenvalue weighted by Gasteiger charge is 2.34. The molecule has 0 aliphatic carbocycles. The Morgan fingerprint density at radius 3 is 2.63 bits per heavy atom. The highest BCUT2D eigenvalue weighted by Crippen LogP contribution is 2.41. The fraction of sp³-hybridized carbons (Fsp3) is 0.182. The zero-order valence-corrected chi connectivity index (χ0v) is 9.62. The van der Waals surface area contributed by atoms with Crippen molar-refractivity contribution in [2.75, 3.05) is 0 Å². The number of halogens is 3. The van der Waals surface area contributed by atoms with Crippen LogP contribution >= 0.6 is 0 Å². The maximum absolute atomic E-state index is 12.8. The molecule has 0 spiro atoms. The number of hydrogen-bond donors (Lipinski definition) is 2. The summed E-state index contributed by atoms with van der Waals surface area (Å²) in [5.74, 6) is -1.20. The van der Waals surface area contributed by atoms with Crippen molar-refractivity contribution in [1.82, 2.24) is 4.98 Å². The number of rotatable bonds is 1. The second-order valence-electron chi connectivity index (χ2n) is 3.77. The van der Waals surface area contributed by atoms with Gasteiger partial charge in [-0.1, -0.05) is 12.1 Å². The number of alkyl halides is 3. The molecule has 0 saturated heterocycles. The van der Waals surface area contributed by atoms with Crippen LogP contribution in [0.25, 0.3) is 10.9 Å². The Morgan fingerprint density at radius 2 is 2.05 bits per heavy atom. The van der Waals surface area contributed by atoms with Gasteiger partial charge in [0.1, 0.15) is 0 Å². The van der Waals surface area contributed by atoms with Gasteiger partial charge in [0, 0.05) is 12.3 Å². The summed E-state index contributed by atoms with van der Waals surface area (Å²) >= 11 is 0. The fourth-order valence-corrected chi connectivity index (χ4v) is 1.65. The fourth-order valence-electron chi connectivity index (χ4n) is 1.65. The summed E-state index contributed by atoms with van der Waals surface area (Å²) in [7, 11) is 0. The first kappa shape index (κ1) is 13.1. The maximum atomic E-state index is 12.8. The monoisotopic (exact) mass is 271 g/mol. The number of azo groups is 1. The Morgan fingerprint density at radius 1 is 1.37 bits per heavy atom. The van der Waals surface area contributed by atoms with Crippen LogP contribution in [0.15, 0.2) is 28.4 Å². The lowest BCUT2D eigenvalue weighted by Gasteiger charge is -2.06. The average Bonchev–Trinajstić information content (AvgIpc) is 2.60. The lowest BCUT2D eigenvalue weighted by atomic mass is 10.1. The van der Waals surface area contributed by atoms with Crippen molar-refractivity contribution in [3.8, 4) is 5.88 Å². The van der Waals surface area contributed by atoms with Crippen molar-refractivity contribution in [2.45, 2.75) is 13.1 Å². The van der Waals surface area contributed by atoms with E-state index in [-0.39, 0.29) is 16.6 Å². The second kappa shape index (κ2) is 4.38. The predicted molar refractivity (Wildman–Crippen MR) is 60.2 cm³/mol. The molecule has 0 unspecified atom stereocenters. The highest BCUT2D eigenvalue weighted by molar-refractivity contribution is 5.96. The molecule has 2 N–H and O–H groups in total. The predicted octanol–water partition coefficient (Wildman–Crippen LogP) is 3.52. The van der Waals surface area contributed by atoms with Crippen molar-refractivity contribution >= 4 is 22.5 Å². The molecule has 2 aromatic rings. The Labute approximate surface area is 104 Å². The molecule has 19 heavy (non-hydrogen) atoms. The molecule has 1 aromatic heterocycles. The third-order valence-electron chi connectivity index (χ3n) is 2.38. The molecule has 0 saturated carbocycles. The van der Waals surface area contributed by atoms with E-state index < -0.39 is 23.5 Å². The van der Waals surface area contributed by atoms with Crippen LogP contribution in [0.1, 0.15) is 12.5 Å². The van der Waals surface area contributed by atoms with Crippen molar-refractivity contribution in [2.24, 2.45) is 10.2 Å². The Balaban J connectivity index is 2.69. The zero-order valence-electron chi connectivity index (χ0n) is 9.62. The van der Waals surface area contributed by atoms with Crippen molar-refractivity contribution < 1.29 is 23.1 Å². The molecule has 8 heteroatoms. The van der Waals surface area contributed by atoms with E-state index in [1.54, 1.807) is 0 Å². The molecule has 2 rings (SSSR count). The van der Waals surface area contributed by atoms with Crippen LogP contribution in [0.2, 0.25) is 0 Å². The SMILES string of the molecule is CC(=O)N=Nc1c(O)[nH]c2c(C(F)(F)F)cccc12. The number of aromatic nitrogens is 1. The number of H-pyrrole nitrogens is 1. The summed E-state index contributed by atoms with van der Waals surface area (Å²) in [5.41, 5.74) is -1.43. The number of aromatic hydroxyl groups is 1. The number of para-hydroxylation sites is 1. The third kappa shape index (κ3) is 2.42. The largest absolute Gasteiger partial charge is 0.493 e. The van der Waals surface area contributed by atoms with Crippen LogP contribution in [0.4, 0.5) is 18.9 Å². The summed E-state index contributed by atoms with van der Waals surface area (Å²) in [5, 5.41) is 16.2. The number of fused-ring (bicyclic) bond motifs is 1. The van der Waals surface area contributed by atoms with Crippen LogP contribution < -0.4 is 0 Å². The van der Waals surface area contributed by atoms with Gasteiger partial charge in [-0.15, -0.1) is 10.2 Å². The van der Waals surface area contributed by atoms with Crippen molar-refractivity contribution in [1.29, 1.82) is 0 Å². The van der Waals surface area contributed by atoms with Gasteiger partial charge >= 0.3 is 6.18 Å². The minimum absolute atomic E-state index is 0.0392. The molecular weight excluding hydrogens is 263 g/mol. The molecule has 100 valence electrons. The number of amides is 1.